The number of nitrogen functional groups attached to an aromatic ring is 1. The van der Waals surface area contributed by atoms with Gasteiger partial charge in [-0.05, 0) is 30.0 Å². The van der Waals surface area contributed by atoms with Gasteiger partial charge in [-0.15, -0.1) is 0 Å². The highest BCUT2D eigenvalue weighted by atomic mass is 19.1. The lowest BCUT2D eigenvalue weighted by Gasteiger charge is -2.10. The van der Waals surface area contributed by atoms with Crippen LogP contribution >= 0.6 is 0 Å². The third-order valence-corrected chi connectivity index (χ3v) is 2.23. The van der Waals surface area contributed by atoms with E-state index < -0.39 is 0 Å². The van der Waals surface area contributed by atoms with Gasteiger partial charge in [0.25, 0.3) is 0 Å². The van der Waals surface area contributed by atoms with Gasteiger partial charge in [0, 0.05) is 0 Å². The molecule has 0 aromatic heterocycles. The van der Waals surface area contributed by atoms with Crippen molar-refractivity contribution in [2.24, 2.45) is 5.84 Å². The molecule has 0 radical (unpaired) electrons. The van der Waals surface area contributed by atoms with E-state index >= 15 is 0 Å². The smallest absolute Gasteiger partial charge is 0.151 e. The second-order valence-electron chi connectivity index (χ2n) is 2.92. The largest absolute Gasteiger partial charge is 0.321 e. The third-order valence-electron chi connectivity index (χ3n) is 2.23. The molecule has 13 heavy (non-hydrogen) atoms. The van der Waals surface area contributed by atoms with Gasteiger partial charge in [-0.2, -0.15) is 0 Å². The summed E-state index contributed by atoms with van der Waals surface area (Å²) in [6.45, 7) is 3.96. The van der Waals surface area contributed by atoms with Gasteiger partial charge in [-0.1, -0.05) is 19.9 Å². The molecule has 0 atom stereocenters. The molecule has 0 spiro atoms. The van der Waals surface area contributed by atoms with Crippen LogP contribution in [0.25, 0.3) is 0 Å². The fourth-order valence-corrected chi connectivity index (χ4v) is 1.49. The summed E-state index contributed by atoms with van der Waals surface area (Å²) >= 11 is 0. The molecular formula is C10H15FN2. The second kappa shape index (κ2) is 4.23. The van der Waals surface area contributed by atoms with Gasteiger partial charge >= 0.3 is 0 Å². The molecule has 2 nitrogen and oxygen atoms in total. The number of halogens is 1. The van der Waals surface area contributed by atoms with Gasteiger partial charge in [-0.3, -0.25) is 5.84 Å². The summed E-state index contributed by atoms with van der Waals surface area (Å²) in [7, 11) is 0. The Hall–Kier alpha value is -1.09. The van der Waals surface area contributed by atoms with E-state index in [0.717, 1.165) is 17.5 Å². The quantitative estimate of drug-likeness (QED) is 0.555. The van der Waals surface area contributed by atoms with Crippen LogP contribution in [0.5, 0.6) is 0 Å². The molecule has 0 aliphatic carbocycles. The van der Waals surface area contributed by atoms with Gasteiger partial charge in [-0.25, -0.2) is 4.39 Å². The van der Waals surface area contributed by atoms with Crippen LogP contribution in [0.1, 0.15) is 25.0 Å². The highest BCUT2D eigenvalue weighted by Gasteiger charge is 2.09. The maximum atomic E-state index is 13.6. The van der Waals surface area contributed by atoms with Crippen LogP contribution in [0.15, 0.2) is 12.1 Å². The van der Waals surface area contributed by atoms with Gasteiger partial charge in [0.15, 0.2) is 5.82 Å². The highest BCUT2D eigenvalue weighted by Crippen LogP contribution is 2.22. The summed E-state index contributed by atoms with van der Waals surface area (Å²) < 4.78 is 13.6. The number of nitrogens with two attached hydrogens (primary N) is 1. The zero-order valence-electron chi connectivity index (χ0n) is 8.02. The summed E-state index contributed by atoms with van der Waals surface area (Å²) in [6.07, 6.45) is 1.55. The number of hydrogen-bond acceptors (Lipinski definition) is 2. The SMILES string of the molecule is CCc1ccc(NN)c(F)c1CC. The van der Waals surface area contributed by atoms with E-state index in [2.05, 4.69) is 5.43 Å². The molecule has 0 bridgehead atoms. The summed E-state index contributed by atoms with van der Waals surface area (Å²) in [6, 6.07) is 3.59. The van der Waals surface area contributed by atoms with E-state index in [0.29, 0.717) is 12.1 Å². The molecule has 1 aromatic carbocycles. The molecule has 0 fully saturated rings. The van der Waals surface area contributed by atoms with Crippen LogP contribution in [-0.2, 0) is 12.8 Å². The third kappa shape index (κ3) is 1.80. The molecule has 1 rings (SSSR count). The van der Waals surface area contributed by atoms with Crippen LogP contribution in [0.2, 0.25) is 0 Å². The Morgan fingerprint density at radius 1 is 1.31 bits per heavy atom. The molecule has 0 unspecified atom stereocenters. The van der Waals surface area contributed by atoms with Crippen molar-refractivity contribution >= 4 is 5.69 Å². The maximum Gasteiger partial charge on any atom is 0.151 e. The fraction of sp³-hybridized carbons (Fsp3) is 0.400. The Morgan fingerprint density at radius 2 is 2.00 bits per heavy atom. The number of aryl methyl sites for hydroxylation is 1. The van der Waals surface area contributed by atoms with E-state index in [4.69, 9.17) is 5.84 Å². The zero-order chi connectivity index (χ0) is 9.84. The molecule has 0 heterocycles. The molecule has 1 aromatic rings. The van der Waals surface area contributed by atoms with Gasteiger partial charge in [0.1, 0.15) is 0 Å². The Bertz CT molecular complexity index is 297. The highest BCUT2D eigenvalue weighted by molar-refractivity contribution is 5.49. The van der Waals surface area contributed by atoms with Crippen molar-refractivity contribution in [2.75, 3.05) is 5.43 Å². The molecule has 0 saturated carbocycles. The lowest BCUT2D eigenvalue weighted by Crippen LogP contribution is -2.10. The van der Waals surface area contributed by atoms with E-state index in [9.17, 15) is 4.39 Å². The number of anilines is 1. The predicted molar refractivity (Wildman–Crippen MR) is 53.0 cm³/mol. The standard InChI is InChI=1S/C10H15FN2/c1-3-7-5-6-9(13-12)10(11)8(7)4-2/h5-6,13H,3-4,12H2,1-2H3. The predicted octanol–water partition coefficient (Wildman–Crippen LogP) is 2.24. The van der Waals surface area contributed by atoms with Crippen molar-refractivity contribution in [3.63, 3.8) is 0 Å². The van der Waals surface area contributed by atoms with Crippen molar-refractivity contribution in [1.82, 2.24) is 0 Å². The summed E-state index contributed by atoms with van der Waals surface area (Å²) in [5.41, 5.74) is 4.53. The van der Waals surface area contributed by atoms with Crippen LogP contribution in [0.4, 0.5) is 10.1 Å². The first-order valence-corrected chi connectivity index (χ1v) is 4.51. The number of benzene rings is 1. The fourth-order valence-electron chi connectivity index (χ4n) is 1.49. The molecule has 0 aliphatic rings. The lowest BCUT2D eigenvalue weighted by molar-refractivity contribution is 0.612. The van der Waals surface area contributed by atoms with Crippen LogP contribution in [0.3, 0.4) is 0 Å². The van der Waals surface area contributed by atoms with Gasteiger partial charge in [0.05, 0.1) is 5.69 Å². The number of hydrazine groups is 1. The lowest BCUT2D eigenvalue weighted by atomic mass is 10.0. The van der Waals surface area contributed by atoms with Gasteiger partial charge in [0.2, 0.25) is 0 Å². The molecule has 72 valence electrons. The van der Waals surface area contributed by atoms with E-state index in [-0.39, 0.29) is 5.82 Å². The monoisotopic (exact) mass is 182 g/mol. The first-order valence-electron chi connectivity index (χ1n) is 4.51. The van der Waals surface area contributed by atoms with Crippen molar-refractivity contribution in [2.45, 2.75) is 26.7 Å². The van der Waals surface area contributed by atoms with Crippen LogP contribution in [0, 0.1) is 5.82 Å². The number of hydrogen-bond donors (Lipinski definition) is 2. The maximum absolute atomic E-state index is 13.6. The van der Waals surface area contributed by atoms with E-state index in [1.54, 1.807) is 6.07 Å². The summed E-state index contributed by atoms with van der Waals surface area (Å²) in [4.78, 5) is 0. The normalized spacial score (nSPS) is 10.2. The van der Waals surface area contributed by atoms with Crippen molar-refractivity contribution in [3.8, 4) is 0 Å². The molecule has 3 heteroatoms. The molecule has 0 amide bonds. The molecule has 3 N–H and O–H groups in total. The Balaban J connectivity index is 3.23. The molecular weight excluding hydrogens is 167 g/mol. The first kappa shape index (κ1) is 9.99. The summed E-state index contributed by atoms with van der Waals surface area (Å²) in [5, 5.41) is 0. The molecule has 0 saturated heterocycles. The van der Waals surface area contributed by atoms with Crippen LogP contribution in [-0.4, -0.2) is 0 Å². The van der Waals surface area contributed by atoms with Crippen molar-refractivity contribution in [1.29, 1.82) is 0 Å². The van der Waals surface area contributed by atoms with E-state index in [1.165, 1.54) is 0 Å². The summed E-state index contributed by atoms with van der Waals surface area (Å²) in [5.74, 6) is 4.96. The topological polar surface area (TPSA) is 38.0 Å². The Labute approximate surface area is 77.9 Å². The van der Waals surface area contributed by atoms with Crippen molar-refractivity contribution in [3.05, 3.63) is 29.1 Å². The number of rotatable bonds is 3. The van der Waals surface area contributed by atoms with Crippen LogP contribution < -0.4 is 11.3 Å². The zero-order valence-corrected chi connectivity index (χ0v) is 8.02. The minimum absolute atomic E-state index is 0.218. The molecule has 0 aliphatic heterocycles. The van der Waals surface area contributed by atoms with Crippen molar-refractivity contribution < 1.29 is 4.39 Å². The Kier molecular flexibility index (Phi) is 3.25. The second-order valence-corrected chi connectivity index (χ2v) is 2.92. The average molecular weight is 182 g/mol. The Morgan fingerprint density at radius 3 is 2.46 bits per heavy atom. The minimum Gasteiger partial charge on any atom is -0.321 e. The number of nitrogens with one attached hydrogen (secondary N) is 1. The first-order chi connectivity index (χ1) is 6.24. The van der Waals surface area contributed by atoms with E-state index in [1.807, 2.05) is 19.9 Å². The average Bonchev–Trinajstić information content (AvgIpc) is 2.17. The minimum atomic E-state index is -0.218. The van der Waals surface area contributed by atoms with Gasteiger partial charge < -0.3 is 5.43 Å².